The number of hydrogen-bond donors (Lipinski definition) is 1. The van der Waals surface area contributed by atoms with Gasteiger partial charge in [0.05, 0.1) is 0 Å². The molecule has 2 aliphatic rings. The Morgan fingerprint density at radius 3 is 2.71 bits per heavy atom. The van der Waals surface area contributed by atoms with Crippen LogP contribution in [0.5, 0.6) is 5.75 Å². The highest BCUT2D eigenvalue weighted by atomic mass is 16.5. The van der Waals surface area contributed by atoms with E-state index in [-0.39, 0.29) is 0 Å². The maximum atomic E-state index is 10.1. The van der Waals surface area contributed by atoms with Crippen molar-refractivity contribution in [2.75, 3.05) is 46.4 Å². The largest absolute Gasteiger partial charge is 0.491 e. The second-order valence-electron chi connectivity index (χ2n) is 6.35. The highest BCUT2D eigenvalue weighted by Gasteiger charge is 2.17. The summed E-state index contributed by atoms with van der Waals surface area (Å²) in [5, 5.41) is 10.1. The van der Waals surface area contributed by atoms with Gasteiger partial charge in [0.2, 0.25) is 0 Å². The number of piperazine rings is 1. The quantitative estimate of drug-likeness (QED) is 0.883. The van der Waals surface area contributed by atoms with Crippen molar-refractivity contribution in [1.82, 2.24) is 9.80 Å². The minimum absolute atomic E-state index is 0.380. The van der Waals surface area contributed by atoms with E-state index in [0.29, 0.717) is 13.2 Å². The summed E-state index contributed by atoms with van der Waals surface area (Å²) in [6.07, 6.45) is 3.20. The molecule has 1 aliphatic carbocycles. The summed E-state index contributed by atoms with van der Waals surface area (Å²) < 4.78 is 5.77. The van der Waals surface area contributed by atoms with Gasteiger partial charge < -0.3 is 14.7 Å². The van der Waals surface area contributed by atoms with Crippen LogP contribution in [0.3, 0.4) is 0 Å². The molecular weight excluding hydrogens is 264 g/mol. The molecule has 4 heteroatoms. The number of β-amino-alcohol motifs (C(OH)–C–C–N with tert-alkyl or cyclic N) is 1. The molecule has 1 aromatic rings. The van der Waals surface area contributed by atoms with Crippen molar-refractivity contribution < 1.29 is 9.84 Å². The normalized spacial score (nSPS) is 21.2. The first-order chi connectivity index (χ1) is 10.2. The molecule has 0 radical (unpaired) electrons. The van der Waals surface area contributed by atoms with E-state index in [4.69, 9.17) is 4.74 Å². The third kappa shape index (κ3) is 3.96. The Labute approximate surface area is 127 Å². The summed E-state index contributed by atoms with van der Waals surface area (Å²) in [5.41, 5.74) is 2.88. The number of nitrogens with zero attached hydrogens (tertiary/aromatic N) is 2. The fourth-order valence-corrected chi connectivity index (χ4v) is 3.21. The Hall–Kier alpha value is -1.10. The van der Waals surface area contributed by atoms with Gasteiger partial charge in [-0.2, -0.15) is 0 Å². The molecule has 116 valence electrons. The molecule has 1 fully saturated rings. The van der Waals surface area contributed by atoms with Crippen molar-refractivity contribution >= 4 is 0 Å². The fourth-order valence-electron chi connectivity index (χ4n) is 3.21. The standard InChI is InChI=1S/C17H26N2O2/c1-18-7-9-19(10-8-18)12-16(20)13-21-17-6-5-14-3-2-4-15(14)11-17/h5-6,11,16,20H,2-4,7-10,12-13H2,1H3/t16-/m1/s1. The summed E-state index contributed by atoms with van der Waals surface area (Å²) >= 11 is 0. The van der Waals surface area contributed by atoms with Crippen LogP contribution in [0.4, 0.5) is 0 Å². The third-order valence-corrected chi connectivity index (χ3v) is 4.58. The smallest absolute Gasteiger partial charge is 0.119 e. The lowest BCUT2D eigenvalue weighted by Gasteiger charge is -2.33. The van der Waals surface area contributed by atoms with E-state index in [2.05, 4.69) is 29.0 Å². The molecule has 1 aromatic carbocycles. The van der Waals surface area contributed by atoms with E-state index in [0.717, 1.165) is 38.3 Å². The van der Waals surface area contributed by atoms with Crippen molar-refractivity contribution in [1.29, 1.82) is 0 Å². The van der Waals surface area contributed by atoms with Crippen molar-refractivity contribution in [2.24, 2.45) is 0 Å². The van der Waals surface area contributed by atoms with E-state index >= 15 is 0 Å². The maximum Gasteiger partial charge on any atom is 0.119 e. The number of benzene rings is 1. The predicted molar refractivity (Wildman–Crippen MR) is 83.9 cm³/mol. The van der Waals surface area contributed by atoms with Crippen LogP contribution < -0.4 is 4.74 Å². The molecule has 0 unspecified atom stereocenters. The Bertz CT molecular complexity index is 470. The first-order valence-corrected chi connectivity index (χ1v) is 8.04. The number of aliphatic hydroxyl groups excluding tert-OH is 1. The lowest BCUT2D eigenvalue weighted by atomic mass is 10.1. The topological polar surface area (TPSA) is 35.9 Å². The average molecular weight is 290 g/mol. The number of hydrogen-bond acceptors (Lipinski definition) is 4. The van der Waals surface area contributed by atoms with E-state index < -0.39 is 6.10 Å². The van der Waals surface area contributed by atoms with Gasteiger partial charge in [-0.15, -0.1) is 0 Å². The molecule has 3 rings (SSSR count). The third-order valence-electron chi connectivity index (χ3n) is 4.58. The van der Waals surface area contributed by atoms with Crippen LogP contribution in [0.1, 0.15) is 17.5 Å². The Balaban J connectivity index is 1.44. The fraction of sp³-hybridized carbons (Fsp3) is 0.647. The molecule has 0 spiro atoms. The number of aliphatic hydroxyl groups is 1. The van der Waals surface area contributed by atoms with Crippen molar-refractivity contribution in [2.45, 2.75) is 25.4 Å². The average Bonchev–Trinajstić information content (AvgIpc) is 2.95. The van der Waals surface area contributed by atoms with E-state index in [1.807, 2.05) is 6.07 Å². The summed E-state index contributed by atoms with van der Waals surface area (Å²) in [7, 11) is 2.14. The zero-order valence-corrected chi connectivity index (χ0v) is 12.9. The second kappa shape index (κ2) is 6.77. The van der Waals surface area contributed by atoms with Crippen LogP contribution in [0.15, 0.2) is 18.2 Å². The molecule has 0 bridgehead atoms. The van der Waals surface area contributed by atoms with Crippen LogP contribution in [-0.4, -0.2) is 67.4 Å². The molecule has 0 amide bonds. The highest BCUT2D eigenvalue weighted by Crippen LogP contribution is 2.26. The lowest BCUT2D eigenvalue weighted by Crippen LogP contribution is -2.47. The van der Waals surface area contributed by atoms with E-state index in [1.165, 1.54) is 24.0 Å². The second-order valence-corrected chi connectivity index (χ2v) is 6.35. The zero-order valence-electron chi connectivity index (χ0n) is 12.9. The first-order valence-electron chi connectivity index (χ1n) is 8.04. The number of rotatable bonds is 5. The van der Waals surface area contributed by atoms with Crippen molar-refractivity contribution in [3.05, 3.63) is 29.3 Å². The monoisotopic (exact) mass is 290 g/mol. The maximum absolute atomic E-state index is 10.1. The molecule has 4 nitrogen and oxygen atoms in total. The molecule has 0 aromatic heterocycles. The highest BCUT2D eigenvalue weighted by molar-refractivity contribution is 5.38. The number of fused-ring (bicyclic) bond motifs is 1. The van der Waals surface area contributed by atoms with Crippen LogP contribution in [0.25, 0.3) is 0 Å². The number of likely N-dealkylation sites (N-methyl/N-ethyl adjacent to an activating group) is 1. The molecule has 21 heavy (non-hydrogen) atoms. The molecule has 1 atom stereocenters. The number of ether oxygens (including phenoxy) is 1. The van der Waals surface area contributed by atoms with E-state index in [1.54, 1.807) is 0 Å². The van der Waals surface area contributed by atoms with Gasteiger partial charge in [0, 0.05) is 32.7 Å². The van der Waals surface area contributed by atoms with Gasteiger partial charge in [0.15, 0.2) is 0 Å². The minimum Gasteiger partial charge on any atom is -0.491 e. The van der Waals surface area contributed by atoms with Gasteiger partial charge in [-0.1, -0.05) is 6.07 Å². The molecule has 1 saturated heterocycles. The summed E-state index contributed by atoms with van der Waals surface area (Å²) in [4.78, 5) is 4.64. The Kier molecular flexibility index (Phi) is 4.78. The SMILES string of the molecule is CN1CCN(C[C@@H](O)COc2ccc3c(c2)CCC3)CC1. The minimum atomic E-state index is -0.415. The van der Waals surface area contributed by atoms with Gasteiger partial charge in [0.1, 0.15) is 18.5 Å². The van der Waals surface area contributed by atoms with Crippen LogP contribution in [-0.2, 0) is 12.8 Å². The van der Waals surface area contributed by atoms with Gasteiger partial charge >= 0.3 is 0 Å². The lowest BCUT2D eigenvalue weighted by molar-refractivity contribution is 0.0504. The molecule has 1 N–H and O–H groups in total. The van der Waals surface area contributed by atoms with Crippen LogP contribution in [0.2, 0.25) is 0 Å². The van der Waals surface area contributed by atoms with E-state index in [9.17, 15) is 5.11 Å². The first kappa shape index (κ1) is 14.8. The van der Waals surface area contributed by atoms with Crippen LogP contribution in [0, 0.1) is 0 Å². The molecule has 1 heterocycles. The molecule has 1 aliphatic heterocycles. The predicted octanol–water partition coefficient (Wildman–Crippen LogP) is 1.16. The Morgan fingerprint density at radius 1 is 1.14 bits per heavy atom. The summed E-state index contributed by atoms with van der Waals surface area (Å²) in [6, 6.07) is 6.35. The van der Waals surface area contributed by atoms with Gasteiger partial charge in [-0.25, -0.2) is 0 Å². The van der Waals surface area contributed by atoms with Gasteiger partial charge in [-0.05, 0) is 49.6 Å². The molecular formula is C17H26N2O2. The number of aryl methyl sites for hydroxylation is 2. The van der Waals surface area contributed by atoms with Crippen molar-refractivity contribution in [3.63, 3.8) is 0 Å². The Morgan fingerprint density at radius 2 is 1.90 bits per heavy atom. The summed E-state index contributed by atoms with van der Waals surface area (Å²) in [6.45, 7) is 5.32. The van der Waals surface area contributed by atoms with Gasteiger partial charge in [-0.3, -0.25) is 4.90 Å². The van der Waals surface area contributed by atoms with Crippen LogP contribution >= 0.6 is 0 Å². The van der Waals surface area contributed by atoms with Gasteiger partial charge in [0.25, 0.3) is 0 Å². The van der Waals surface area contributed by atoms with Crippen molar-refractivity contribution in [3.8, 4) is 5.75 Å². The zero-order chi connectivity index (χ0) is 14.7. The molecule has 0 saturated carbocycles. The summed E-state index contributed by atoms with van der Waals surface area (Å²) in [5.74, 6) is 0.896.